The van der Waals surface area contributed by atoms with Gasteiger partial charge in [-0.3, -0.25) is 4.79 Å². The lowest BCUT2D eigenvalue weighted by Gasteiger charge is -2.26. The van der Waals surface area contributed by atoms with Crippen LogP contribution in [0.5, 0.6) is 0 Å². The molecule has 19 heavy (non-hydrogen) atoms. The number of amides is 1. The summed E-state index contributed by atoms with van der Waals surface area (Å²) in [6.45, 7) is 0.812. The van der Waals surface area contributed by atoms with E-state index < -0.39 is 9.84 Å². The Labute approximate surface area is 116 Å². The zero-order chi connectivity index (χ0) is 13.9. The third-order valence-electron chi connectivity index (χ3n) is 2.79. The molecule has 0 bridgehead atoms. The van der Waals surface area contributed by atoms with Crippen LogP contribution in [0.1, 0.15) is 15.2 Å². The highest BCUT2D eigenvalue weighted by atomic mass is 32.2. The molecule has 2 N–H and O–H groups in total. The molecule has 7 heteroatoms. The molecule has 1 aromatic rings. The Morgan fingerprint density at radius 3 is 2.74 bits per heavy atom. The van der Waals surface area contributed by atoms with Gasteiger partial charge in [-0.2, -0.15) is 0 Å². The lowest BCUT2D eigenvalue weighted by molar-refractivity contribution is 0.0771. The van der Waals surface area contributed by atoms with Gasteiger partial charge in [0.2, 0.25) is 0 Å². The van der Waals surface area contributed by atoms with E-state index in [9.17, 15) is 13.2 Å². The SMILES string of the molecule is NCC#Cc1cc(C(=O)N2CCS(=O)(=O)CC2)cs1. The maximum absolute atomic E-state index is 12.2. The second-order valence-corrected chi connectivity index (χ2v) is 7.36. The molecule has 1 aliphatic rings. The van der Waals surface area contributed by atoms with Crippen molar-refractivity contribution in [3.8, 4) is 11.8 Å². The van der Waals surface area contributed by atoms with E-state index in [-0.39, 0.29) is 37.0 Å². The van der Waals surface area contributed by atoms with E-state index in [2.05, 4.69) is 11.8 Å². The summed E-state index contributed by atoms with van der Waals surface area (Å²) in [6, 6.07) is 1.72. The number of thiophene rings is 1. The van der Waals surface area contributed by atoms with Gasteiger partial charge in [0.15, 0.2) is 9.84 Å². The van der Waals surface area contributed by atoms with Crippen LogP contribution in [0.25, 0.3) is 0 Å². The van der Waals surface area contributed by atoms with Crippen LogP contribution < -0.4 is 5.73 Å². The molecular formula is C12H14N2O3S2. The molecule has 1 amide bonds. The first-order valence-electron chi connectivity index (χ1n) is 5.79. The summed E-state index contributed by atoms with van der Waals surface area (Å²) in [6.07, 6.45) is 0. The summed E-state index contributed by atoms with van der Waals surface area (Å²) in [5.41, 5.74) is 5.85. The predicted molar refractivity (Wildman–Crippen MR) is 74.8 cm³/mol. The van der Waals surface area contributed by atoms with Gasteiger partial charge < -0.3 is 10.6 Å². The normalized spacial score (nSPS) is 17.6. The second kappa shape index (κ2) is 5.74. The van der Waals surface area contributed by atoms with Crippen LogP contribution in [0.2, 0.25) is 0 Å². The van der Waals surface area contributed by atoms with Crippen molar-refractivity contribution in [2.45, 2.75) is 0 Å². The number of hydrogen-bond donors (Lipinski definition) is 1. The Bertz CT molecular complexity index is 623. The molecule has 2 heterocycles. The van der Waals surface area contributed by atoms with Gasteiger partial charge in [-0.1, -0.05) is 11.8 Å². The van der Waals surface area contributed by atoms with E-state index >= 15 is 0 Å². The minimum Gasteiger partial charge on any atom is -0.337 e. The van der Waals surface area contributed by atoms with Crippen molar-refractivity contribution in [3.63, 3.8) is 0 Å². The lowest BCUT2D eigenvalue weighted by Crippen LogP contribution is -2.43. The van der Waals surface area contributed by atoms with Crippen molar-refractivity contribution >= 4 is 27.1 Å². The van der Waals surface area contributed by atoms with E-state index in [1.807, 2.05) is 0 Å². The molecule has 1 aliphatic heterocycles. The minimum absolute atomic E-state index is 0.0444. The monoisotopic (exact) mass is 298 g/mol. The number of sulfone groups is 1. The topological polar surface area (TPSA) is 80.5 Å². The molecule has 0 radical (unpaired) electrons. The molecule has 0 aliphatic carbocycles. The molecular weight excluding hydrogens is 284 g/mol. The van der Waals surface area contributed by atoms with Gasteiger partial charge in [0, 0.05) is 18.5 Å². The van der Waals surface area contributed by atoms with Crippen LogP contribution in [0.15, 0.2) is 11.4 Å². The van der Waals surface area contributed by atoms with Gasteiger partial charge in [0.1, 0.15) is 0 Å². The highest BCUT2D eigenvalue weighted by molar-refractivity contribution is 7.91. The fourth-order valence-corrected chi connectivity index (χ4v) is 3.70. The summed E-state index contributed by atoms with van der Waals surface area (Å²) in [7, 11) is -2.97. The zero-order valence-electron chi connectivity index (χ0n) is 10.3. The summed E-state index contributed by atoms with van der Waals surface area (Å²) in [5.74, 6) is 5.56. The van der Waals surface area contributed by atoms with Crippen molar-refractivity contribution in [1.82, 2.24) is 4.90 Å². The third kappa shape index (κ3) is 3.56. The number of nitrogens with zero attached hydrogens (tertiary/aromatic N) is 1. The summed E-state index contributed by atoms with van der Waals surface area (Å²) in [5, 5.41) is 1.74. The number of carbonyl (C=O) groups is 1. The first-order chi connectivity index (χ1) is 9.02. The van der Waals surface area contributed by atoms with E-state index in [0.717, 1.165) is 4.88 Å². The molecule has 0 atom stereocenters. The molecule has 2 rings (SSSR count). The maximum atomic E-state index is 12.2. The van der Waals surface area contributed by atoms with Crippen molar-refractivity contribution in [2.24, 2.45) is 5.73 Å². The van der Waals surface area contributed by atoms with Crippen molar-refractivity contribution in [1.29, 1.82) is 0 Å². The fourth-order valence-electron chi connectivity index (χ4n) is 1.75. The van der Waals surface area contributed by atoms with Gasteiger partial charge in [-0.05, 0) is 6.07 Å². The van der Waals surface area contributed by atoms with Gasteiger partial charge in [0.25, 0.3) is 5.91 Å². The molecule has 102 valence electrons. The Morgan fingerprint density at radius 2 is 2.11 bits per heavy atom. The standard InChI is InChI=1S/C12H14N2O3S2/c13-3-1-2-11-8-10(9-18-11)12(15)14-4-6-19(16,17)7-5-14/h8-9H,3-7,13H2. The third-order valence-corrected chi connectivity index (χ3v) is 5.25. The molecule has 0 spiro atoms. The van der Waals surface area contributed by atoms with E-state index in [1.165, 1.54) is 11.3 Å². The second-order valence-electron chi connectivity index (χ2n) is 4.15. The Morgan fingerprint density at radius 1 is 1.42 bits per heavy atom. The van der Waals surface area contributed by atoms with Gasteiger partial charge in [0.05, 0.1) is 28.5 Å². The van der Waals surface area contributed by atoms with E-state index in [1.54, 1.807) is 16.3 Å². The average Bonchev–Trinajstić information content (AvgIpc) is 2.84. The van der Waals surface area contributed by atoms with E-state index in [0.29, 0.717) is 5.56 Å². The lowest BCUT2D eigenvalue weighted by atomic mass is 10.2. The first kappa shape index (κ1) is 14.1. The number of nitrogens with two attached hydrogens (primary N) is 1. The van der Waals surface area contributed by atoms with Crippen LogP contribution >= 0.6 is 11.3 Å². The van der Waals surface area contributed by atoms with Crippen molar-refractivity contribution < 1.29 is 13.2 Å². The minimum atomic E-state index is -2.97. The van der Waals surface area contributed by atoms with Crippen LogP contribution in [0.3, 0.4) is 0 Å². The molecule has 1 fully saturated rings. The zero-order valence-corrected chi connectivity index (χ0v) is 11.9. The molecule has 1 aromatic heterocycles. The van der Waals surface area contributed by atoms with Gasteiger partial charge in [-0.25, -0.2) is 8.42 Å². The van der Waals surface area contributed by atoms with E-state index in [4.69, 9.17) is 5.73 Å². The molecule has 1 saturated heterocycles. The smallest absolute Gasteiger partial charge is 0.254 e. The molecule has 0 saturated carbocycles. The van der Waals surface area contributed by atoms with Crippen molar-refractivity contribution in [3.05, 3.63) is 21.9 Å². The van der Waals surface area contributed by atoms with Crippen LogP contribution in [0, 0.1) is 11.8 Å². The maximum Gasteiger partial charge on any atom is 0.254 e. The summed E-state index contributed by atoms with van der Waals surface area (Å²) in [4.78, 5) is 14.5. The molecule has 0 unspecified atom stereocenters. The summed E-state index contributed by atoms with van der Waals surface area (Å²) >= 11 is 1.39. The first-order valence-corrected chi connectivity index (χ1v) is 8.49. The largest absolute Gasteiger partial charge is 0.337 e. The van der Waals surface area contributed by atoms with Crippen LogP contribution in [0.4, 0.5) is 0 Å². The highest BCUT2D eigenvalue weighted by Crippen LogP contribution is 2.17. The predicted octanol–water partition coefficient (Wildman–Crippen LogP) is -0.0711. The average molecular weight is 298 g/mol. The number of hydrogen-bond acceptors (Lipinski definition) is 5. The molecule has 5 nitrogen and oxygen atoms in total. The van der Waals surface area contributed by atoms with Crippen LogP contribution in [-0.2, 0) is 9.84 Å². The fraction of sp³-hybridized carbons (Fsp3) is 0.417. The summed E-state index contributed by atoms with van der Waals surface area (Å²) < 4.78 is 22.6. The Hall–Kier alpha value is -1.36. The van der Waals surface area contributed by atoms with Crippen LogP contribution in [-0.4, -0.2) is 50.4 Å². The van der Waals surface area contributed by atoms with Gasteiger partial charge in [-0.15, -0.1) is 11.3 Å². The quantitative estimate of drug-likeness (QED) is 0.736. The van der Waals surface area contributed by atoms with Gasteiger partial charge >= 0.3 is 0 Å². The number of rotatable bonds is 1. The van der Waals surface area contributed by atoms with Crippen molar-refractivity contribution in [2.75, 3.05) is 31.1 Å². The molecule has 0 aromatic carbocycles. The highest BCUT2D eigenvalue weighted by Gasteiger charge is 2.26. The number of carbonyl (C=O) groups excluding carboxylic acids is 1. The Balaban J connectivity index is 2.06. The Kier molecular flexibility index (Phi) is 4.24.